The van der Waals surface area contributed by atoms with E-state index in [0.717, 1.165) is 12.3 Å². The highest BCUT2D eigenvalue weighted by Crippen LogP contribution is 2.30. The minimum absolute atomic E-state index is 0.480. The lowest BCUT2D eigenvalue weighted by Gasteiger charge is -2.19. The molecule has 1 heterocycles. The number of nitrogens with one attached hydrogen (secondary N) is 1. The minimum Gasteiger partial charge on any atom is -0.496 e. The van der Waals surface area contributed by atoms with E-state index in [0.29, 0.717) is 12.0 Å². The molecule has 0 bridgehead atoms. The summed E-state index contributed by atoms with van der Waals surface area (Å²) in [4.78, 5) is 1.39. The van der Waals surface area contributed by atoms with Gasteiger partial charge in [-0.3, -0.25) is 0 Å². The molecule has 16 heavy (non-hydrogen) atoms. The Kier molecular flexibility index (Phi) is 5.85. The van der Waals surface area contributed by atoms with Crippen LogP contribution in [0.5, 0.6) is 5.75 Å². The van der Waals surface area contributed by atoms with Gasteiger partial charge >= 0.3 is 0 Å². The SMILES string of the molecule is CCCNC(CC(C)C)c1cc(OC)cs1. The molecule has 1 rings (SSSR count). The fourth-order valence-electron chi connectivity index (χ4n) is 1.71. The van der Waals surface area contributed by atoms with Crippen LogP contribution in [0.25, 0.3) is 0 Å². The zero-order valence-electron chi connectivity index (χ0n) is 10.7. The minimum atomic E-state index is 0.480. The monoisotopic (exact) mass is 241 g/mol. The Morgan fingerprint density at radius 1 is 1.44 bits per heavy atom. The number of thiophene rings is 1. The largest absolute Gasteiger partial charge is 0.496 e. The summed E-state index contributed by atoms with van der Waals surface area (Å²) in [6.45, 7) is 7.82. The van der Waals surface area contributed by atoms with Crippen LogP contribution in [0.1, 0.15) is 44.5 Å². The van der Waals surface area contributed by atoms with Crippen molar-refractivity contribution < 1.29 is 4.74 Å². The Morgan fingerprint density at radius 2 is 2.19 bits per heavy atom. The van der Waals surface area contributed by atoms with E-state index in [4.69, 9.17) is 4.74 Å². The van der Waals surface area contributed by atoms with Gasteiger partial charge < -0.3 is 10.1 Å². The van der Waals surface area contributed by atoms with Crippen molar-refractivity contribution >= 4 is 11.3 Å². The van der Waals surface area contributed by atoms with Gasteiger partial charge in [0.1, 0.15) is 5.75 Å². The van der Waals surface area contributed by atoms with E-state index in [1.807, 2.05) is 0 Å². The summed E-state index contributed by atoms with van der Waals surface area (Å²) in [6, 6.07) is 2.63. The predicted octanol–water partition coefficient (Wildman–Crippen LogP) is 3.84. The highest BCUT2D eigenvalue weighted by molar-refractivity contribution is 7.10. The smallest absolute Gasteiger partial charge is 0.129 e. The quantitative estimate of drug-likeness (QED) is 0.783. The summed E-state index contributed by atoms with van der Waals surface area (Å²) in [7, 11) is 1.72. The lowest BCUT2D eigenvalue weighted by molar-refractivity contribution is 0.412. The van der Waals surface area contributed by atoms with E-state index in [1.54, 1.807) is 18.4 Å². The number of rotatable bonds is 7. The van der Waals surface area contributed by atoms with Gasteiger partial charge in [-0.1, -0.05) is 20.8 Å². The maximum Gasteiger partial charge on any atom is 0.129 e. The van der Waals surface area contributed by atoms with E-state index in [9.17, 15) is 0 Å². The second-order valence-electron chi connectivity index (χ2n) is 4.53. The molecule has 2 nitrogen and oxygen atoms in total. The highest BCUT2D eigenvalue weighted by atomic mass is 32.1. The predicted molar refractivity (Wildman–Crippen MR) is 71.4 cm³/mol. The molecule has 0 spiro atoms. The third-order valence-corrected chi connectivity index (χ3v) is 3.55. The molecule has 0 aromatic carbocycles. The Labute approximate surface area is 103 Å². The van der Waals surface area contributed by atoms with Crippen molar-refractivity contribution in [2.24, 2.45) is 5.92 Å². The second kappa shape index (κ2) is 6.92. The van der Waals surface area contributed by atoms with E-state index < -0.39 is 0 Å². The first-order chi connectivity index (χ1) is 7.67. The van der Waals surface area contributed by atoms with E-state index in [1.165, 1.54) is 17.7 Å². The zero-order chi connectivity index (χ0) is 12.0. The Morgan fingerprint density at radius 3 is 2.69 bits per heavy atom. The molecule has 92 valence electrons. The van der Waals surface area contributed by atoms with Crippen molar-refractivity contribution in [3.8, 4) is 5.75 Å². The summed E-state index contributed by atoms with van der Waals surface area (Å²) in [6.07, 6.45) is 2.36. The molecule has 1 atom stereocenters. The average Bonchev–Trinajstić information content (AvgIpc) is 2.72. The molecular weight excluding hydrogens is 218 g/mol. The summed E-state index contributed by atoms with van der Waals surface area (Å²) < 4.78 is 5.24. The molecule has 1 unspecified atom stereocenters. The standard InChI is InChI=1S/C13H23NOS/c1-5-6-14-12(7-10(2)3)13-8-11(15-4)9-16-13/h8-10,12,14H,5-7H2,1-4H3. The fraction of sp³-hybridized carbons (Fsp3) is 0.692. The third kappa shape index (κ3) is 4.14. The lowest BCUT2D eigenvalue weighted by atomic mass is 10.0. The van der Waals surface area contributed by atoms with E-state index >= 15 is 0 Å². The number of hydrogen-bond donors (Lipinski definition) is 1. The van der Waals surface area contributed by atoms with Gasteiger partial charge in [-0.2, -0.15) is 0 Å². The van der Waals surface area contributed by atoms with Crippen LogP contribution in [0.4, 0.5) is 0 Å². The molecule has 0 amide bonds. The number of methoxy groups -OCH3 is 1. The second-order valence-corrected chi connectivity index (χ2v) is 5.47. The van der Waals surface area contributed by atoms with Gasteiger partial charge in [-0.25, -0.2) is 0 Å². The van der Waals surface area contributed by atoms with Crippen LogP contribution in [-0.2, 0) is 0 Å². The molecule has 1 N–H and O–H groups in total. The van der Waals surface area contributed by atoms with Gasteiger partial charge in [0.05, 0.1) is 7.11 Å². The Hall–Kier alpha value is -0.540. The third-order valence-electron chi connectivity index (χ3n) is 2.52. The van der Waals surface area contributed by atoms with Crippen LogP contribution in [0, 0.1) is 5.92 Å². The lowest BCUT2D eigenvalue weighted by Crippen LogP contribution is -2.22. The average molecular weight is 241 g/mol. The molecule has 1 aromatic rings. The molecule has 0 radical (unpaired) electrons. The summed E-state index contributed by atoms with van der Waals surface area (Å²) in [5.41, 5.74) is 0. The van der Waals surface area contributed by atoms with Crippen molar-refractivity contribution in [3.63, 3.8) is 0 Å². The van der Waals surface area contributed by atoms with Gasteiger partial charge in [0.2, 0.25) is 0 Å². The van der Waals surface area contributed by atoms with Crippen LogP contribution in [-0.4, -0.2) is 13.7 Å². The first kappa shape index (κ1) is 13.5. The zero-order valence-corrected chi connectivity index (χ0v) is 11.6. The van der Waals surface area contributed by atoms with Gasteiger partial charge in [0.15, 0.2) is 0 Å². The molecule has 0 fully saturated rings. The van der Waals surface area contributed by atoms with Crippen LogP contribution in [0.2, 0.25) is 0 Å². The van der Waals surface area contributed by atoms with Crippen molar-refractivity contribution in [1.29, 1.82) is 0 Å². The Balaban J connectivity index is 2.66. The van der Waals surface area contributed by atoms with Crippen LogP contribution in [0.15, 0.2) is 11.4 Å². The van der Waals surface area contributed by atoms with Crippen molar-refractivity contribution in [3.05, 3.63) is 16.3 Å². The molecule has 0 saturated carbocycles. The van der Waals surface area contributed by atoms with Crippen LogP contribution >= 0.6 is 11.3 Å². The van der Waals surface area contributed by atoms with Gasteiger partial charge in [-0.15, -0.1) is 11.3 Å². The van der Waals surface area contributed by atoms with E-state index in [-0.39, 0.29) is 0 Å². The fourth-order valence-corrected chi connectivity index (χ4v) is 2.66. The molecule has 3 heteroatoms. The van der Waals surface area contributed by atoms with Crippen molar-refractivity contribution in [1.82, 2.24) is 5.32 Å². The maximum atomic E-state index is 5.24. The highest BCUT2D eigenvalue weighted by Gasteiger charge is 2.14. The van der Waals surface area contributed by atoms with Crippen LogP contribution < -0.4 is 10.1 Å². The number of hydrogen-bond acceptors (Lipinski definition) is 3. The normalized spacial score (nSPS) is 13.1. The Bertz CT molecular complexity index is 296. The summed E-state index contributed by atoms with van der Waals surface area (Å²) in [5, 5.41) is 5.69. The molecule has 0 aliphatic heterocycles. The molecule has 0 aliphatic rings. The maximum absolute atomic E-state index is 5.24. The van der Waals surface area contributed by atoms with Gasteiger partial charge in [-0.05, 0) is 31.4 Å². The summed E-state index contributed by atoms with van der Waals surface area (Å²) in [5.74, 6) is 1.69. The van der Waals surface area contributed by atoms with E-state index in [2.05, 4.69) is 37.5 Å². The molecule has 1 aromatic heterocycles. The topological polar surface area (TPSA) is 21.3 Å². The van der Waals surface area contributed by atoms with Crippen molar-refractivity contribution in [2.75, 3.05) is 13.7 Å². The first-order valence-corrected chi connectivity index (χ1v) is 6.91. The van der Waals surface area contributed by atoms with Gasteiger partial charge in [0, 0.05) is 16.3 Å². The number of ether oxygens (including phenoxy) is 1. The molecule has 0 aliphatic carbocycles. The molecule has 0 saturated heterocycles. The summed E-state index contributed by atoms with van der Waals surface area (Å²) >= 11 is 1.79. The first-order valence-electron chi connectivity index (χ1n) is 6.03. The van der Waals surface area contributed by atoms with Gasteiger partial charge in [0.25, 0.3) is 0 Å². The molecular formula is C13H23NOS. The van der Waals surface area contributed by atoms with Crippen molar-refractivity contribution in [2.45, 2.75) is 39.7 Å². The van der Waals surface area contributed by atoms with Crippen LogP contribution in [0.3, 0.4) is 0 Å².